The lowest BCUT2D eigenvalue weighted by molar-refractivity contribution is -0.138. The molecule has 1 N–H and O–H groups in total. The van der Waals surface area contributed by atoms with Gasteiger partial charge in [-0.05, 0) is 11.6 Å². The van der Waals surface area contributed by atoms with Crippen LogP contribution in [-0.4, -0.2) is 15.6 Å². The number of nitrogens with one attached hydrogen (secondary N) is 1. The van der Waals surface area contributed by atoms with E-state index in [-0.39, 0.29) is 12.1 Å². The molecule has 0 atom stereocenters. The molecular formula is C15H18F3N3. The van der Waals surface area contributed by atoms with Crippen molar-refractivity contribution in [2.45, 2.75) is 39.2 Å². The highest BCUT2D eigenvalue weighted by molar-refractivity contribution is 5.30. The summed E-state index contributed by atoms with van der Waals surface area (Å²) >= 11 is 0. The van der Waals surface area contributed by atoms with Crippen LogP contribution in [0.5, 0.6) is 0 Å². The fraction of sp³-hybridized carbons (Fsp3) is 0.400. The Hall–Kier alpha value is -1.82. The molecule has 0 fully saturated rings. The molecule has 1 aromatic carbocycles. The van der Waals surface area contributed by atoms with E-state index in [1.165, 1.54) is 12.1 Å². The number of alkyl halides is 3. The average Bonchev–Trinajstić information content (AvgIpc) is 2.83. The topological polar surface area (TPSA) is 29.9 Å². The van der Waals surface area contributed by atoms with Gasteiger partial charge >= 0.3 is 6.18 Å². The molecule has 0 amide bonds. The second kappa shape index (κ2) is 6.30. The standard InChI is InChI=1S/C15H18F3N3/c1-11(2)20-8-13-7-19-10-21(13)9-12-5-3-4-6-14(12)15(16,17)18/h3-7,10-11,20H,8-9H2,1-2H3. The number of benzene rings is 1. The molecule has 3 nitrogen and oxygen atoms in total. The minimum atomic E-state index is -4.34. The van der Waals surface area contributed by atoms with Crippen molar-refractivity contribution in [1.82, 2.24) is 14.9 Å². The molecule has 0 aliphatic rings. The maximum Gasteiger partial charge on any atom is 0.416 e. The summed E-state index contributed by atoms with van der Waals surface area (Å²) in [6, 6.07) is 5.94. The third-order valence-electron chi connectivity index (χ3n) is 3.15. The normalized spacial score (nSPS) is 12.1. The number of aromatic nitrogens is 2. The summed E-state index contributed by atoms with van der Waals surface area (Å²) in [4.78, 5) is 4.03. The SMILES string of the molecule is CC(C)NCc1cncn1Cc1ccccc1C(F)(F)F. The monoisotopic (exact) mass is 297 g/mol. The van der Waals surface area contributed by atoms with Crippen molar-refractivity contribution in [3.8, 4) is 0 Å². The quantitative estimate of drug-likeness (QED) is 0.916. The van der Waals surface area contributed by atoms with Gasteiger partial charge in [-0.3, -0.25) is 0 Å². The van der Waals surface area contributed by atoms with E-state index < -0.39 is 11.7 Å². The molecule has 0 aliphatic heterocycles. The van der Waals surface area contributed by atoms with Gasteiger partial charge in [-0.2, -0.15) is 13.2 Å². The van der Waals surface area contributed by atoms with Crippen LogP contribution in [-0.2, 0) is 19.3 Å². The molecule has 114 valence electrons. The molecule has 0 bridgehead atoms. The summed E-state index contributed by atoms with van der Waals surface area (Å²) < 4.78 is 40.7. The largest absolute Gasteiger partial charge is 0.416 e. The summed E-state index contributed by atoms with van der Waals surface area (Å²) in [5.74, 6) is 0. The minimum Gasteiger partial charge on any atom is -0.329 e. The van der Waals surface area contributed by atoms with Gasteiger partial charge in [-0.1, -0.05) is 32.0 Å². The van der Waals surface area contributed by atoms with Gasteiger partial charge in [0.2, 0.25) is 0 Å². The summed E-state index contributed by atoms with van der Waals surface area (Å²) in [5, 5.41) is 3.24. The molecule has 0 unspecified atom stereocenters. The molecule has 21 heavy (non-hydrogen) atoms. The zero-order valence-corrected chi connectivity index (χ0v) is 12.0. The van der Waals surface area contributed by atoms with E-state index in [4.69, 9.17) is 0 Å². The zero-order valence-electron chi connectivity index (χ0n) is 12.0. The van der Waals surface area contributed by atoms with Crippen LogP contribution in [0.15, 0.2) is 36.8 Å². The summed E-state index contributed by atoms with van der Waals surface area (Å²) in [6.45, 7) is 4.76. The van der Waals surface area contributed by atoms with Crippen LogP contribution < -0.4 is 5.32 Å². The van der Waals surface area contributed by atoms with E-state index in [1.54, 1.807) is 23.2 Å². The van der Waals surface area contributed by atoms with Crippen LogP contribution in [0.4, 0.5) is 13.2 Å². The first-order valence-corrected chi connectivity index (χ1v) is 6.75. The summed E-state index contributed by atoms with van der Waals surface area (Å²) in [5.41, 5.74) is 0.510. The first kappa shape index (κ1) is 15.6. The highest BCUT2D eigenvalue weighted by atomic mass is 19.4. The first-order chi connectivity index (χ1) is 9.88. The van der Waals surface area contributed by atoms with Crippen molar-refractivity contribution in [2.24, 2.45) is 0 Å². The number of imidazole rings is 1. The molecule has 2 rings (SSSR count). The smallest absolute Gasteiger partial charge is 0.329 e. The number of hydrogen-bond acceptors (Lipinski definition) is 2. The van der Waals surface area contributed by atoms with Gasteiger partial charge in [0.25, 0.3) is 0 Å². The Balaban J connectivity index is 2.22. The van der Waals surface area contributed by atoms with Gasteiger partial charge in [0.1, 0.15) is 0 Å². The predicted molar refractivity (Wildman–Crippen MR) is 74.7 cm³/mol. The Morgan fingerprint density at radius 2 is 1.95 bits per heavy atom. The van der Waals surface area contributed by atoms with E-state index in [2.05, 4.69) is 10.3 Å². The predicted octanol–water partition coefficient (Wildman–Crippen LogP) is 3.45. The maximum absolute atomic E-state index is 13.0. The molecule has 0 radical (unpaired) electrons. The third kappa shape index (κ3) is 4.07. The van der Waals surface area contributed by atoms with Gasteiger partial charge in [-0.25, -0.2) is 4.98 Å². The highest BCUT2D eigenvalue weighted by Crippen LogP contribution is 2.32. The molecule has 1 heterocycles. The van der Waals surface area contributed by atoms with Crippen LogP contribution in [0, 0.1) is 0 Å². The van der Waals surface area contributed by atoms with Crippen LogP contribution in [0.1, 0.15) is 30.7 Å². The Morgan fingerprint density at radius 1 is 1.24 bits per heavy atom. The Labute approximate surface area is 121 Å². The summed E-state index contributed by atoms with van der Waals surface area (Å²) in [6.07, 6.45) is -1.11. The molecule has 6 heteroatoms. The second-order valence-electron chi connectivity index (χ2n) is 5.20. The minimum absolute atomic E-state index is 0.158. The van der Waals surface area contributed by atoms with Crippen LogP contribution >= 0.6 is 0 Å². The molecular weight excluding hydrogens is 279 g/mol. The molecule has 0 aliphatic carbocycles. The Morgan fingerprint density at radius 3 is 2.62 bits per heavy atom. The van der Waals surface area contributed by atoms with Crippen LogP contribution in [0.2, 0.25) is 0 Å². The summed E-state index contributed by atoms with van der Waals surface area (Å²) in [7, 11) is 0. The van der Waals surface area contributed by atoms with E-state index >= 15 is 0 Å². The lowest BCUT2D eigenvalue weighted by atomic mass is 10.1. The van der Waals surface area contributed by atoms with Crippen molar-refractivity contribution >= 4 is 0 Å². The number of rotatable bonds is 5. The van der Waals surface area contributed by atoms with E-state index in [0.717, 1.165) is 11.8 Å². The fourth-order valence-electron chi connectivity index (χ4n) is 2.06. The number of hydrogen-bond donors (Lipinski definition) is 1. The van der Waals surface area contributed by atoms with Crippen molar-refractivity contribution in [1.29, 1.82) is 0 Å². The number of halogens is 3. The van der Waals surface area contributed by atoms with Crippen molar-refractivity contribution in [3.63, 3.8) is 0 Å². The van der Waals surface area contributed by atoms with Crippen LogP contribution in [0.3, 0.4) is 0 Å². The van der Waals surface area contributed by atoms with Crippen molar-refractivity contribution in [2.75, 3.05) is 0 Å². The lowest BCUT2D eigenvalue weighted by Crippen LogP contribution is -2.23. The average molecular weight is 297 g/mol. The maximum atomic E-state index is 13.0. The van der Waals surface area contributed by atoms with Crippen molar-refractivity contribution < 1.29 is 13.2 Å². The lowest BCUT2D eigenvalue weighted by Gasteiger charge is -2.15. The molecule has 2 aromatic rings. The van der Waals surface area contributed by atoms with Gasteiger partial charge in [-0.15, -0.1) is 0 Å². The van der Waals surface area contributed by atoms with Crippen molar-refractivity contribution in [3.05, 3.63) is 53.6 Å². The molecule has 0 spiro atoms. The fourth-order valence-corrected chi connectivity index (χ4v) is 2.06. The van der Waals surface area contributed by atoms with Gasteiger partial charge in [0.15, 0.2) is 0 Å². The van der Waals surface area contributed by atoms with Gasteiger partial charge in [0, 0.05) is 25.3 Å². The second-order valence-corrected chi connectivity index (χ2v) is 5.20. The van der Waals surface area contributed by atoms with E-state index in [1.807, 2.05) is 13.8 Å². The Kier molecular flexibility index (Phi) is 4.67. The third-order valence-corrected chi connectivity index (χ3v) is 3.15. The molecule has 1 aromatic heterocycles. The molecule has 0 saturated carbocycles. The molecule has 0 saturated heterocycles. The first-order valence-electron chi connectivity index (χ1n) is 6.75. The number of nitrogens with zero attached hydrogens (tertiary/aromatic N) is 2. The van der Waals surface area contributed by atoms with Gasteiger partial charge < -0.3 is 9.88 Å². The van der Waals surface area contributed by atoms with Gasteiger partial charge in [0.05, 0.1) is 17.6 Å². The Bertz CT molecular complexity index is 588. The van der Waals surface area contributed by atoms with E-state index in [9.17, 15) is 13.2 Å². The highest BCUT2D eigenvalue weighted by Gasteiger charge is 2.32. The van der Waals surface area contributed by atoms with E-state index in [0.29, 0.717) is 12.6 Å². The zero-order chi connectivity index (χ0) is 15.5. The van der Waals surface area contributed by atoms with Crippen LogP contribution in [0.25, 0.3) is 0 Å².